The Balaban J connectivity index is 1.41. The van der Waals surface area contributed by atoms with E-state index in [1.807, 2.05) is 0 Å². The molecule has 0 saturated carbocycles. The molecule has 2 aliphatic rings. The van der Waals surface area contributed by atoms with Gasteiger partial charge in [-0.3, -0.25) is 0 Å². The minimum Gasteiger partial charge on any atom is -0.391 e. The first-order chi connectivity index (χ1) is 22.3. The van der Waals surface area contributed by atoms with E-state index >= 15 is 0 Å². The SMILES string of the molecule is CCCCCCN1B2c3c(cccc3-c3cc(-c4ccccc4)ccc3N2CCCCCC)-c2cc(-c3ccccc3)ccc21. The van der Waals surface area contributed by atoms with Gasteiger partial charge < -0.3 is 9.62 Å². The van der Waals surface area contributed by atoms with Crippen LogP contribution in [0.2, 0.25) is 0 Å². The average molecular weight is 589 g/mol. The number of unbranched alkanes of at least 4 members (excludes halogenated alkanes) is 6. The molecule has 0 saturated heterocycles. The maximum absolute atomic E-state index is 2.76. The molecule has 0 fully saturated rings. The second kappa shape index (κ2) is 13.4. The number of fused-ring (bicyclic) bond motifs is 4. The lowest BCUT2D eigenvalue weighted by Crippen LogP contribution is -2.65. The van der Waals surface area contributed by atoms with Crippen LogP contribution in [0.4, 0.5) is 11.4 Å². The largest absolute Gasteiger partial charge is 0.412 e. The zero-order valence-corrected chi connectivity index (χ0v) is 27.0. The molecule has 0 atom stereocenters. The summed E-state index contributed by atoms with van der Waals surface area (Å²) in [6.45, 7) is 6.95. The normalized spacial score (nSPS) is 13.0. The smallest absolute Gasteiger partial charge is 0.391 e. The quantitative estimate of drug-likeness (QED) is 0.106. The molecule has 5 aromatic carbocycles. The van der Waals surface area contributed by atoms with Crippen LogP contribution in [0.3, 0.4) is 0 Å². The molecule has 5 aromatic rings. The highest BCUT2D eigenvalue weighted by molar-refractivity contribution is 6.84. The first-order valence-electron chi connectivity index (χ1n) is 17.3. The lowest BCUT2D eigenvalue weighted by Gasteiger charge is -2.48. The molecular formula is C42H45BN2. The molecule has 7 rings (SSSR count). The van der Waals surface area contributed by atoms with Gasteiger partial charge in [-0.2, -0.15) is 0 Å². The van der Waals surface area contributed by atoms with E-state index in [-0.39, 0.29) is 6.98 Å². The lowest BCUT2D eigenvalue weighted by atomic mass is 9.53. The van der Waals surface area contributed by atoms with Crippen LogP contribution in [-0.4, -0.2) is 20.1 Å². The van der Waals surface area contributed by atoms with Crippen LogP contribution in [0.25, 0.3) is 44.5 Å². The molecule has 45 heavy (non-hydrogen) atoms. The molecule has 0 N–H and O–H groups in total. The van der Waals surface area contributed by atoms with Crippen LogP contribution in [0.1, 0.15) is 65.2 Å². The summed E-state index contributed by atoms with van der Waals surface area (Å²) in [6.07, 6.45) is 10.1. The van der Waals surface area contributed by atoms with Crippen molar-refractivity contribution in [2.75, 3.05) is 22.7 Å². The van der Waals surface area contributed by atoms with E-state index in [0.29, 0.717) is 0 Å². The molecule has 3 heteroatoms. The van der Waals surface area contributed by atoms with Crippen molar-refractivity contribution in [1.82, 2.24) is 0 Å². The van der Waals surface area contributed by atoms with E-state index in [9.17, 15) is 0 Å². The molecule has 2 aliphatic heterocycles. The fourth-order valence-corrected chi connectivity index (χ4v) is 7.58. The summed E-state index contributed by atoms with van der Waals surface area (Å²) in [5, 5.41) is 0. The predicted octanol–water partition coefficient (Wildman–Crippen LogP) is 10.9. The van der Waals surface area contributed by atoms with E-state index in [1.165, 1.54) is 113 Å². The van der Waals surface area contributed by atoms with E-state index in [1.54, 1.807) is 0 Å². The summed E-state index contributed by atoms with van der Waals surface area (Å²) in [5.74, 6) is 0. The number of rotatable bonds is 12. The second-order valence-corrected chi connectivity index (χ2v) is 12.8. The molecule has 0 bridgehead atoms. The Morgan fingerprint density at radius 2 is 0.889 bits per heavy atom. The van der Waals surface area contributed by atoms with Gasteiger partial charge in [0, 0.05) is 35.6 Å². The highest BCUT2D eigenvalue weighted by Gasteiger charge is 2.45. The summed E-state index contributed by atoms with van der Waals surface area (Å²) >= 11 is 0. The fraction of sp³-hybridized carbons (Fsp3) is 0.286. The van der Waals surface area contributed by atoms with Crippen LogP contribution in [-0.2, 0) is 0 Å². The third kappa shape index (κ3) is 5.70. The molecule has 226 valence electrons. The van der Waals surface area contributed by atoms with Crippen molar-refractivity contribution in [2.24, 2.45) is 0 Å². The second-order valence-electron chi connectivity index (χ2n) is 12.8. The summed E-state index contributed by atoms with van der Waals surface area (Å²) in [4.78, 5) is 5.53. The Bertz CT molecular complexity index is 1620. The molecule has 0 amide bonds. The van der Waals surface area contributed by atoms with Crippen LogP contribution in [0.5, 0.6) is 0 Å². The van der Waals surface area contributed by atoms with Gasteiger partial charge >= 0.3 is 6.98 Å². The maximum atomic E-state index is 2.76. The third-order valence-corrected chi connectivity index (χ3v) is 9.87. The molecule has 0 aromatic heterocycles. The molecular weight excluding hydrogens is 543 g/mol. The Hall–Kier alpha value is -4.24. The topological polar surface area (TPSA) is 6.48 Å². The lowest BCUT2D eigenvalue weighted by molar-refractivity contribution is 0.664. The van der Waals surface area contributed by atoms with Gasteiger partial charge in [0.2, 0.25) is 0 Å². The van der Waals surface area contributed by atoms with Crippen molar-refractivity contribution >= 4 is 23.8 Å². The van der Waals surface area contributed by atoms with Crippen molar-refractivity contribution in [2.45, 2.75) is 65.2 Å². The van der Waals surface area contributed by atoms with Crippen LogP contribution in [0, 0.1) is 0 Å². The fourth-order valence-electron chi connectivity index (χ4n) is 7.58. The standard InChI is InChI=1S/C42H45BN2/c1-3-5-7-15-28-44-40-26-24-34(32-18-11-9-12-19-32)30-38(40)36-22-17-23-37-39-31-35(33-20-13-10-14-21-33)25-27-41(39)45(43(44)42(36)37)29-16-8-6-4-2/h9-14,17-27,30-31H,3-8,15-16,28-29H2,1-2H3. The number of nitrogens with zero attached hydrogens (tertiary/aromatic N) is 2. The van der Waals surface area contributed by atoms with Crippen molar-refractivity contribution in [3.63, 3.8) is 0 Å². The van der Waals surface area contributed by atoms with Gasteiger partial charge in [-0.1, -0.05) is 143 Å². The van der Waals surface area contributed by atoms with Gasteiger partial charge in [0.15, 0.2) is 0 Å². The Morgan fingerprint density at radius 3 is 1.33 bits per heavy atom. The van der Waals surface area contributed by atoms with Crippen molar-refractivity contribution < 1.29 is 0 Å². The predicted molar refractivity (Wildman–Crippen MR) is 197 cm³/mol. The molecule has 2 nitrogen and oxygen atoms in total. The first kappa shape index (κ1) is 29.5. The van der Waals surface area contributed by atoms with Crippen molar-refractivity contribution in [3.8, 4) is 44.5 Å². The van der Waals surface area contributed by atoms with Gasteiger partial charge in [0.25, 0.3) is 0 Å². The summed E-state index contributed by atoms with van der Waals surface area (Å²) in [7, 11) is 0. The zero-order chi connectivity index (χ0) is 30.6. The summed E-state index contributed by atoms with van der Waals surface area (Å²) in [6, 6.07) is 43.2. The molecule has 0 unspecified atom stereocenters. The van der Waals surface area contributed by atoms with Crippen LogP contribution >= 0.6 is 0 Å². The Morgan fingerprint density at radius 1 is 0.422 bits per heavy atom. The molecule has 0 radical (unpaired) electrons. The van der Waals surface area contributed by atoms with Gasteiger partial charge in [0.1, 0.15) is 0 Å². The third-order valence-electron chi connectivity index (χ3n) is 9.87. The van der Waals surface area contributed by atoms with Crippen molar-refractivity contribution in [1.29, 1.82) is 0 Å². The number of hydrogen-bond donors (Lipinski definition) is 0. The Kier molecular flexibility index (Phi) is 8.78. The number of anilines is 2. The maximum Gasteiger partial charge on any atom is 0.412 e. The van der Waals surface area contributed by atoms with E-state index in [0.717, 1.165) is 13.1 Å². The van der Waals surface area contributed by atoms with E-state index in [2.05, 4.69) is 139 Å². The highest BCUT2D eigenvalue weighted by atomic mass is 15.2. The van der Waals surface area contributed by atoms with Gasteiger partial charge in [-0.15, -0.1) is 0 Å². The average Bonchev–Trinajstić information content (AvgIpc) is 3.10. The van der Waals surface area contributed by atoms with Gasteiger partial charge in [-0.05, 0) is 76.0 Å². The number of hydrogen-bond acceptors (Lipinski definition) is 2. The van der Waals surface area contributed by atoms with E-state index in [4.69, 9.17) is 0 Å². The van der Waals surface area contributed by atoms with Crippen LogP contribution < -0.4 is 15.1 Å². The minimum absolute atomic E-state index is 0.199. The van der Waals surface area contributed by atoms with Crippen LogP contribution in [0.15, 0.2) is 115 Å². The van der Waals surface area contributed by atoms with Gasteiger partial charge in [0.05, 0.1) is 0 Å². The zero-order valence-electron chi connectivity index (χ0n) is 27.0. The van der Waals surface area contributed by atoms with E-state index < -0.39 is 0 Å². The number of benzene rings is 5. The molecule has 0 spiro atoms. The van der Waals surface area contributed by atoms with Gasteiger partial charge in [-0.25, -0.2) is 0 Å². The monoisotopic (exact) mass is 588 g/mol. The molecule has 0 aliphatic carbocycles. The Labute approximate surface area is 270 Å². The highest BCUT2D eigenvalue weighted by Crippen LogP contribution is 2.46. The summed E-state index contributed by atoms with van der Waals surface area (Å²) < 4.78 is 0. The first-order valence-corrected chi connectivity index (χ1v) is 17.3. The minimum atomic E-state index is 0.199. The van der Waals surface area contributed by atoms with Crippen molar-refractivity contribution in [3.05, 3.63) is 115 Å². The molecule has 2 heterocycles. The summed E-state index contributed by atoms with van der Waals surface area (Å²) in [5.41, 5.74) is 14.9.